The van der Waals surface area contributed by atoms with Crippen LogP contribution in [0, 0.1) is 11.6 Å². The molecule has 0 aliphatic rings. The van der Waals surface area contributed by atoms with Crippen LogP contribution < -0.4 is 15.8 Å². The number of carbonyl (C=O) groups is 1. The van der Waals surface area contributed by atoms with Crippen molar-refractivity contribution in [3.63, 3.8) is 0 Å². The van der Waals surface area contributed by atoms with E-state index in [2.05, 4.69) is 10.1 Å². The number of methoxy groups -OCH3 is 1. The van der Waals surface area contributed by atoms with E-state index in [4.69, 9.17) is 5.73 Å². The van der Waals surface area contributed by atoms with Gasteiger partial charge in [0.2, 0.25) is 5.91 Å². The van der Waals surface area contributed by atoms with Gasteiger partial charge >= 0.3 is 0 Å². The summed E-state index contributed by atoms with van der Waals surface area (Å²) >= 11 is 0. The molecule has 4 nitrogen and oxygen atoms in total. The zero-order chi connectivity index (χ0) is 14.6. The molecule has 1 aromatic carbocycles. The summed E-state index contributed by atoms with van der Waals surface area (Å²) in [7, 11) is 1.23. The normalized spacial score (nSPS) is 13.8. The molecule has 1 atom stereocenters. The van der Waals surface area contributed by atoms with Crippen LogP contribution in [0.1, 0.15) is 26.7 Å². The molecule has 0 heterocycles. The van der Waals surface area contributed by atoms with Crippen LogP contribution in [0.5, 0.6) is 5.75 Å². The Bertz CT molecular complexity index is 476. The zero-order valence-corrected chi connectivity index (χ0v) is 11.2. The van der Waals surface area contributed by atoms with E-state index in [-0.39, 0.29) is 11.4 Å². The number of nitrogens with two attached hydrogens (primary N) is 1. The summed E-state index contributed by atoms with van der Waals surface area (Å²) in [6, 6.07) is 1.74. The molecule has 0 radical (unpaired) electrons. The first-order valence-corrected chi connectivity index (χ1v) is 5.95. The van der Waals surface area contributed by atoms with Crippen molar-refractivity contribution in [3.05, 3.63) is 23.8 Å². The Hall–Kier alpha value is -1.69. The number of benzene rings is 1. The van der Waals surface area contributed by atoms with Gasteiger partial charge < -0.3 is 15.8 Å². The molecule has 1 unspecified atom stereocenters. The van der Waals surface area contributed by atoms with Gasteiger partial charge in [-0.3, -0.25) is 4.79 Å². The molecule has 0 aliphatic carbocycles. The third-order valence-corrected chi connectivity index (χ3v) is 2.78. The number of anilines is 1. The number of carbonyl (C=O) groups excluding carboxylic acids is 1. The predicted molar refractivity (Wildman–Crippen MR) is 69.0 cm³/mol. The van der Waals surface area contributed by atoms with Crippen molar-refractivity contribution in [2.75, 3.05) is 12.4 Å². The lowest BCUT2D eigenvalue weighted by atomic mass is 9.96. The maximum absolute atomic E-state index is 13.6. The molecule has 1 rings (SSSR count). The minimum atomic E-state index is -1.13. The molecule has 0 fully saturated rings. The monoisotopic (exact) mass is 272 g/mol. The molecule has 1 amide bonds. The third-order valence-electron chi connectivity index (χ3n) is 2.78. The van der Waals surface area contributed by atoms with E-state index in [1.807, 2.05) is 6.92 Å². The number of nitrogens with one attached hydrogen (secondary N) is 1. The Labute approximate surface area is 110 Å². The van der Waals surface area contributed by atoms with Gasteiger partial charge in [-0.25, -0.2) is 8.78 Å². The summed E-state index contributed by atoms with van der Waals surface area (Å²) in [6.07, 6.45) is 1.15. The van der Waals surface area contributed by atoms with Crippen LogP contribution in [-0.2, 0) is 4.79 Å². The second-order valence-corrected chi connectivity index (χ2v) is 4.59. The van der Waals surface area contributed by atoms with Gasteiger partial charge in [0.1, 0.15) is 0 Å². The maximum atomic E-state index is 13.6. The van der Waals surface area contributed by atoms with Gasteiger partial charge in [0.25, 0.3) is 0 Å². The Morgan fingerprint density at radius 2 is 2.05 bits per heavy atom. The fraction of sp³-hybridized carbons (Fsp3) is 0.462. The first-order valence-electron chi connectivity index (χ1n) is 5.95. The van der Waals surface area contributed by atoms with Crippen LogP contribution in [-0.4, -0.2) is 18.6 Å². The molecule has 6 heteroatoms. The number of amides is 1. The molecule has 0 aromatic heterocycles. The molecular weight excluding hydrogens is 254 g/mol. The molecule has 0 aliphatic heterocycles. The highest BCUT2D eigenvalue weighted by Gasteiger charge is 2.28. The fourth-order valence-corrected chi connectivity index (χ4v) is 1.68. The van der Waals surface area contributed by atoms with E-state index in [1.165, 1.54) is 7.11 Å². The van der Waals surface area contributed by atoms with Crippen molar-refractivity contribution in [3.8, 4) is 5.75 Å². The molecule has 0 saturated carbocycles. The van der Waals surface area contributed by atoms with Crippen molar-refractivity contribution in [1.29, 1.82) is 0 Å². The Kier molecular flexibility index (Phi) is 4.83. The van der Waals surface area contributed by atoms with Gasteiger partial charge in [-0.05, 0) is 13.3 Å². The third kappa shape index (κ3) is 3.64. The van der Waals surface area contributed by atoms with Gasteiger partial charge in [0, 0.05) is 12.1 Å². The molecule has 0 saturated heterocycles. The van der Waals surface area contributed by atoms with E-state index >= 15 is 0 Å². The van der Waals surface area contributed by atoms with Crippen LogP contribution in [0.4, 0.5) is 14.5 Å². The quantitative estimate of drug-likeness (QED) is 0.865. The lowest BCUT2D eigenvalue weighted by molar-refractivity contribution is -0.120. The van der Waals surface area contributed by atoms with Crippen molar-refractivity contribution < 1.29 is 18.3 Å². The minimum Gasteiger partial charge on any atom is -0.494 e. The molecule has 3 N–H and O–H groups in total. The summed E-state index contributed by atoms with van der Waals surface area (Å²) in [6.45, 7) is 3.43. The van der Waals surface area contributed by atoms with Crippen LogP contribution >= 0.6 is 0 Å². The zero-order valence-electron chi connectivity index (χ0n) is 11.2. The molecule has 0 spiro atoms. The highest BCUT2D eigenvalue weighted by molar-refractivity contribution is 5.97. The molecule has 0 bridgehead atoms. The lowest BCUT2D eigenvalue weighted by Gasteiger charge is -2.23. The number of halogens is 2. The fourth-order valence-electron chi connectivity index (χ4n) is 1.68. The van der Waals surface area contributed by atoms with E-state index < -0.39 is 23.1 Å². The van der Waals surface area contributed by atoms with Crippen molar-refractivity contribution in [1.82, 2.24) is 0 Å². The van der Waals surface area contributed by atoms with Crippen LogP contribution in [0.15, 0.2) is 12.1 Å². The second-order valence-electron chi connectivity index (χ2n) is 4.59. The van der Waals surface area contributed by atoms with E-state index in [1.54, 1.807) is 6.92 Å². The van der Waals surface area contributed by atoms with Gasteiger partial charge in [0.05, 0.1) is 18.3 Å². The maximum Gasteiger partial charge on any atom is 0.244 e. The van der Waals surface area contributed by atoms with Gasteiger partial charge in [-0.2, -0.15) is 0 Å². The molecule has 1 aromatic rings. The van der Waals surface area contributed by atoms with Crippen molar-refractivity contribution in [2.24, 2.45) is 5.73 Å². The number of rotatable bonds is 5. The average Bonchev–Trinajstić information content (AvgIpc) is 2.33. The first kappa shape index (κ1) is 15.4. The Morgan fingerprint density at radius 1 is 1.42 bits per heavy atom. The topological polar surface area (TPSA) is 64.4 Å². The lowest BCUT2D eigenvalue weighted by Crippen LogP contribution is -2.48. The number of hydrogen-bond donors (Lipinski definition) is 2. The largest absolute Gasteiger partial charge is 0.494 e. The van der Waals surface area contributed by atoms with Crippen LogP contribution in [0.2, 0.25) is 0 Å². The predicted octanol–water partition coefficient (Wildman–Crippen LogP) is 2.43. The van der Waals surface area contributed by atoms with Crippen LogP contribution in [0.25, 0.3) is 0 Å². The van der Waals surface area contributed by atoms with Gasteiger partial charge in [-0.15, -0.1) is 0 Å². The van der Waals surface area contributed by atoms with E-state index in [0.29, 0.717) is 12.8 Å². The van der Waals surface area contributed by atoms with Crippen molar-refractivity contribution in [2.45, 2.75) is 32.2 Å². The number of hydrogen-bond acceptors (Lipinski definition) is 3. The molecule has 19 heavy (non-hydrogen) atoms. The van der Waals surface area contributed by atoms with E-state index in [0.717, 1.165) is 12.1 Å². The van der Waals surface area contributed by atoms with Gasteiger partial charge in [0.15, 0.2) is 17.4 Å². The highest BCUT2D eigenvalue weighted by Crippen LogP contribution is 2.25. The van der Waals surface area contributed by atoms with E-state index in [9.17, 15) is 13.6 Å². The SMILES string of the molecule is CCCC(C)(N)C(=O)Nc1cc(F)c(OC)cc1F. The molecule has 106 valence electrons. The summed E-state index contributed by atoms with van der Waals surface area (Å²) in [5.41, 5.74) is 4.43. The van der Waals surface area contributed by atoms with Gasteiger partial charge in [-0.1, -0.05) is 13.3 Å². The average molecular weight is 272 g/mol. The Morgan fingerprint density at radius 3 is 2.58 bits per heavy atom. The minimum absolute atomic E-state index is 0.223. The summed E-state index contributed by atoms with van der Waals surface area (Å²) in [4.78, 5) is 11.9. The standard InChI is InChI=1S/C13H18F2N2O2/c1-4-5-13(2,16)12(18)17-10-6-9(15)11(19-3)7-8(10)14/h6-7H,4-5,16H2,1-3H3,(H,17,18). The summed E-state index contributed by atoms with van der Waals surface area (Å²) in [5.74, 6) is -2.32. The first-order chi connectivity index (χ1) is 8.81. The highest BCUT2D eigenvalue weighted by atomic mass is 19.1. The number of ether oxygens (including phenoxy) is 1. The van der Waals surface area contributed by atoms with Crippen molar-refractivity contribution >= 4 is 11.6 Å². The smallest absolute Gasteiger partial charge is 0.244 e. The second kappa shape index (κ2) is 5.97. The molecular formula is C13H18F2N2O2. The summed E-state index contributed by atoms with van der Waals surface area (Å²) < 4.78 is 31.7. The summed E-state index contributed by atoms with van der Waals surface area (Å²) in [5, 5.41) is 2.29. The van der Waals surface area contributed by atoms with Crippen LogP contribution in [0.3, 0.4) is 0 Å². The Balaban J connectivity index is 2.94.